The number of benzene rings is 3. The number of aliphatic carboxylic acids is 1. The quantitative estimate of drug-likeness (QED) is 0.0997. The molecule has 3 aromatic rings. The molecule has 0 atom stereocenters. The minimum Gasteiger partial charge on any atom is -0.872 e. The number of carbonyl (C=O) groups is 4. The summed E-state index contributed by atoms with van der Waals surface area (Å²) >= 11 is 0. The van der Waals surface area contributed by atoms with Crippen LogP contribution in [-0.4, -0.2) is 36.7 Å². The van der Waals surface area contributed by atoms with E-state index in [1.807, 2.05) is 6.92 Å². The van der Waals surface area contributed by atoms with Crippen molar-refractivity contribution in [1.29, 1.82) is 0 Å². The van der Waals surface area contributed by atoms with Crippen LogP contribution in [0.5, 0.6) is 17.2 Å². The Balaban J connectivity index is 0.00000560. The van der Waals surface area contributed by atoms with Crippen LogP contribution in [0.1, 0.15) is 74.5 Å². The number of hydrogen-bond donors (Lipinski definition) is 0. The van der Waals surface area contributed by atoms with E-state index in [-0.39, 0.29) is 143 Å². The number of carboxylic acid groups (broad SMARTS) is 2. The van der Waals surface area contributed by atoms with E-state index < -0.39 is 23.5 Å². The molecule has 0 aliphatic rings. The Morgan fingerprint density at radius 2 is 1.38 bits per heavy atom. The molecule has 0 amide bonds. The van der Waals surface area contributed by atoms with Crippen LogP contribution in [0.15, 0.2) is 54.6 Å². The molecular formula is C30H27Na3O9. The van der Waals surface area contributed by atoms with Crippen LogP contribution in [0.3, 0.4) is 0 Å². The molecule has 0 saturated carbocycles. The zero-order valence-corrected chi connectivity index (χ0v) is 30.6. The second kappa shape index (κ2) is 19.6. The van der Waals surface area contributed by atoms with Crippen molar-refractivity contribution in [2.75, 3.05) is 13.2 Å². The normalized spacial score (nSPS) is 9.86. The first kappa shape index (κ1) is 40.3. The van der Waals surface area contributed by atoms with Crippen LogP contribution < -0.4 is 113 Å². The molecule has 42 heavy (non-hydrogen) atoms. The maximum absolute atomic E-state index is 13.0. The molecular weight excluding hydrogens is 573 g/mol. The van der Waals surface area contributed by atoms with E-state index in [4.69, 9.17) is 9.47 Å². The van der Waals surface area contributed by atoms with Crippen molar-refractivity contribution < 1.29 is 133 Å². The summed E-state index contributed by atoms with van der Waals surface area (Å²) in [6.07, 6.45) is 0.785. The summed E-state index contributed by atoms with van der Waals surface area (Å²) in [6.45, 7) is 3.66. The molecule has 0 N–H and O–H groups in total. The topological polar surface area (TPSA) is 156 Å². The number of ketones is 2. The van der Waals surface area contributed by atoms with Gasteiger partial charge >= 0.3 is 88.7 Å². The molecule has 3 rings (SSSR count). The number of ether oxygens (including phenoxy) is 2. The summed E-state index contributed by atoms with van der Waals surface area (Å²) in [7, 11) is 0. The van der Waals surface area contributed by atoms with Crippen molar-refractivity contribution >= 4 is 23.5 Å². The molecule has 0 saturated heterocycles. The zero-order chi connectivity index (χ0) is 28.5. The summed E-state index contributed by atoms with van der Waals surface area (Å²) in [6, 6.07) is 12.9. The summed E-state index contributed by atoms with van der Waals surface area (Å²) in [5.74, 6) is -3.00. The third kappa shape index (κ3) is 11.4. The number of aromatic carboxylic acids is 1. The monoisotopic (exact) mass is 600 g/mol. The second-order valence-corrected chi connectivity index (χ2v) is 8.81. The minimum absolute atomic E-state index is 0. The molecule has 0 aliphatic heterocycles. The van der Waals surface area contributed by atoms with E-state index >= 15 is 0 Å². The van der Waals surface area contributed by atoms with Crippen LogP contribution >= 0.6 is 0 Å². The third-order valence-corrected chi connectivity index (χ3v) is 6.01. The van der Waals surface area contributed by atoms with Gasteiger partial charge in [-0.3, -0.25) is 9.59 Å². The van der Waals surface area contributed by atoms with Crippen molar-refractivity contribution in [2.24, 2.45) is 0 Å². The average molecular weight is 601 g/mol. The first-order valence-corrected chi connectivity index (χ1v) is 12.4. The molecule has 0 bridgehead atoms. The third-order valence-electron chi connectivity index (χ3n) is 6.01. The first-order valence-electron chi connectivity index (χ1n) is 12.4. The maximum atomic E-state index is 13.0. The van der Waals surface area contributed by atoms with Gasteiger partial charge in [-0.05, 0) is 79.3 Å². The van der Waals surface area contributed by atoms with Gasteiger partial charge in [0, 0.05) is 29.1 Å². The predicted molar refractivity (Wildman–Crippen MR) is 135 cm³/mol. The molecule has 0 unspecified atom stereocenters. The van der Waals surface area contributed by atoms with Gasteiger partial charge < -0.3 is 34.4 Å². The summed E-state index contributed by atoms with van der Waals surface area (Å²) < 4.78 is 11.6. The van der Waals surface area contributed by atoms with E-state index in [2.05, 4.69) is 0 Å². The fraction of sp³-hybridized carbons (Fsp3) is 0.267. The Hall–Kier alpha value is -1.66. The number of carboxylic acids is 2. The second-order valence-electron chi connectivity index (χ2n) is 8.81. The van der Waals surface area contributed by atoms with Crippen LogP contribution in [0, 0.1) is 0 Å². The van der Waals surface area contributed by atoms with Gasteiger partial charge in [0.1, 0.15) is 11.5 Å². The van der Waals surface area contributed by atoms with Gasteiger partial charge in [0.15, 0.2) is 11.6 Å². The fourth-order valence-electron chi connectivity index (χ4n) is 3.96. The summed E-state index contributed by atoms with van der Waals surface area (Å²) in [5.41, 5.74) is 1.61. The largest absolute Gasteiger partial charge is 1.00 e. The van der Waals surface area contributed by atoms with Crippen molar-refractivity contribution in [3.8, 4) is 17.2 Å². The Labute approximate surface area is 310 Å². The van der Waals surface area contributed by atoms with Gasteiger partial charge in [-0.15, -0.1) is 0 Å². The van der Waals surface area contributed by atoms with Gasteiger partial charge in [0.05, 0.1) is 19.2 Å². The van der Waals surface area contributed by atoms with E-state index in [0.29, 0.717) is 29.9 Å². The van der Waals surface area contributed by atoms with E-state index in [1.54, 1.807) is 12.1 Å². The molecule has 3 aromatic carbocycles. The molecule has 9 nitrogen and oxygen atoms in total. The average Bonchev–Trinajstić information content (AvgIpc) is 2.91. The van der Waals surface area contributed by atoms with Crippen molar-refractivity contribution in [3.63, 3.8) is 0 Å². The van der Waals surface area contributed by atoms with Gasteiger partial charge in [-0.25, -0.2) is 0 Å². The molecule has 0 fully saturated rings. The molecule has 0 aromatic heterocycles. The van der Waals surface area contributed by atoms with Crippen molar-refractivity contribution in [3.05, 3.63) is 88.0 Å². The van der Waals surface area contributed by atoms with Crippen LogP contribution in [-0.2, 0) is 17.6 Å². The molecule has 0 heterocycles. The van der Waals surface area contributed by atoms with Crippen LogP contribution in [0.2, 0.25) is 0 Å². The standard InChI is InChI=1S/C30H30O9.3Na/c1-3-19-16-24(18(2)31)25(32)17-27(19)39-13-5-12-38-26-10-8-22(14-20(26)9-11-28(33)34)29(35)21-6-4-7-23(15-21)30(36)37;;;/h4,6-8,10,14-17,32H,3,5,9,11-13H2,1-2H3,(H,33,34)(H,36,37);;;/q;3*+1/p-3. The molecule has 0 spiro atoms. The summed E-state index contributed by atoms with van der Waals surface area (Å²) in [4.78, 5) is 46.8. The summed E-state index contributed by atoms with van der Waals surface area (Å²) in [5, 5.41) is 34.4. The predicted octanol–water partition coefficient (Wildman–Crippen LogP) is -7.34. The van der Waals surface area contributed by atoms with Crippen molar-refractivity contribution in [1.82, 2.24) is 0 Å². The number of Topliss-reactive ketones (excluding diaryl/α,β-unsaturated/α-hetero) is 1. The zero-order valence-electron chi connectivity index (χ0n) is 24.6. The maximum Gasteiger partial charge on any atom is 1.00 e. The molecule has 204 valence electrons. The molecule has 12 heteroatoms. The van der Waals surface area contributed by atoms with Gasteiger partial charge in [0.25, 0.3) is 0 Å². The SMILES string of the molecule is CCc1cc(C(C)=O)c([O-])cc1OCCCOc1ccc(C(=O)c2cccc(C(=O)[O-])c2)cc1CCC(=O)[O-].[Na+].[Na+].[Na+]. The Bertz CT molecular complexity index is 1410. The van der Waals surface area contributed by atoms with Gasteiger partial charge in [0.2, 0.25) is 0 Å². The first-order chi connectivity index (χ1) is 18.6. The molecule has 0 radical (unpaired) electrons. The molecule has 0 aliphatic carbocycles. The number of hydrogen-bond acceptors (Lipinski definition) is 9. The number of aryl methyl sites for hydroxylation is 2. The van der Waals surface area contributed by atoms with Gasteiger partial charge in [-0.2, -0.15) is 0 Å². The Kier molecular flexibility index (Phi) is 18.8. The van der Waals surface area contributed by atoms with Crippen molar-refractivity contribution in [2.45, 2.75) is 39.5 Å². The number of carbonyl (C=O) groups excluding carboxylic acids is 4. The van der Waals surface area contributed by atoms with Crippen LogP contribution in [0.4, 0.5) is 0 Å². The Morgan fingerprint density at radius 1 is 0.762 bits per heavy atom. The number of rotatable bonds is 14. The van der Waals surface area contributed by atoms with E-state index in [9.17, 15) is 34.5 Å². The minimum atomic E-state index is -1.40. The van der Waals surface area contributed by atoms with Crippen LogP contribution in [0.25, 0.3) is 0 Å². The smallest absolute Gasteiger partial charge is 0.872 e. The van der Waals surface area contributed by atoms with E-state index in [0.717, 1.165) is 5.56 Å². The van der Waals surface area contributed by atoms with E-state index in [1.165, 1.54) is 49.4 Å². The van der Waals surface area contributed by atoms with Gasteiger partial charge in [-0.1, -0.05) is 30.9 Å². The Morgan fingerprint density at radius 3 is 1.98 bits per heavy atom. The fourth-order valence-corrected chi connectivity index (χ4v) is 3.96.